The Bertz CT molecular complexity index is 1360. The number of nitrogens with two attached hydrogens (primary N) is 1. The third-order valence-electron chi connectivity index (χ3n) is 4.95. The van der Waals surface area contributed by atoms with Crippen molar-refractivity contribution in [2.75, 3.05) is 12.3 Å². The van der Waals surface area contributed by atoms with Crippen LogP contribution in [0.1, 0.15) is 25.6 Å². The Morgan fingerprint density at radius 2 is 1.82 bits per heavy atom. The van der Waals surface area contributed by atoms with Crippen LogP contribution in [0.4, 0.5) is 5.82 Å². The number of nitrogen functional groups attached to an aromatic ring is 1. The fourth-order valence-corrected chi connectivity index (χ4v) is 5.00. The Labute approximate surface area is 196 Å². The van der Waals surface area contributed by atoms with E-state index in [1.807, 2.05) is 12.1 Å². The van der Waals surface area contributed by atoms with E-state index in [1.54, 1.807) is 49.4 Å². The number of sulfone groups is 1. The van der Waals surface area contributed by atoms with E-state index >= 15 is 0 Å². The second-order valence-corrected chi connectivity index (χ2v) is 11.2. The molecular formula is C22H24N6O3S2. The molecule has 1 aromatic carbocycles. The van der Waals surface area contributed by atoms with Crippen molar-refractivity contribution in [3.63, 3.8) is 0 Å². The van der Waals surface area contributed by atoms with Crippen LogP contribution in [0.3, 0.4) is 0 Å². The number of thiophene rings is 1. The molecule has 0 atom stereocenters. The summed E-state index contributed by atoms with van der Waals surface area (Å²) in [5.74, 6) is 0.706. The molecule has 0 spiro atoms. The Kier molecular flexibility index (Phi) is 6.54. The topological polar surface area (TPSA) is 137 Å². The Balaban J connectivity index is 1.62. The minimum absolute atomic E-state index is 0.159. The second kappa shape index (κ2) is 9.38. The molecule has 0 amide bonds. The maximum absolute atomic E-state index is 12.4. The smallest absolute Gasteiger partial charge is 0.270 e. The van der Waals surface area contributed by atoms with Crippen molar-refractivity contribution >= 4 is 27.0 Å². The standard InChI is InChI=1S/C22H24N6O3S2/c1-4-24-11-15-7-10-18(32-15)21-27-28-22(31-21)19-20(23)25-12-17(26-19)14-5-8-16(9-6-14)33(29,30)13(2)3/h5-10,12-13,24H,4,11H2,1-3H3,(H2,23,25). The monoisotopic (exact) mass is 484 g/mol. The zero-order valence-corrected chi connectivity index (χ0v) is 20.1. The van der Waals surface area contributed by atoms with E-state index in [4.69, 9.17) is 10.2 Å². The lowest BCUT2D eigenvalue weighted by Crippen LogP contribution is -2.13. The highest BCUT2D eigenvalue weighted by Gasteiger charge is 2.20. The quantitative estimate of drug-likeness (QED) is 0.382. The molecule has 0 unspecified atom stereocenters. The van der Waals surface area contributed by atoms with Crippen LogP contribution in [0.2, 0.25) is 0 Å². The van der Waals surface area contributed by atoms with Crippen molar-refractivity contribution in [2.24, 2.45) is 0 Å². The molecule has 3 heterocycles. The van der Waals surface area contributed by atoms with Gasteiger partial charge in [-0.2, -0.15) is 0 Å². The Morgan fingerprint density at radius 3 is 2.52 bits per heavy atom. The summed E-state index contributed by atoms with van der Waals surface area (Å²) in [7, 11) is -3.35. The molecule has 4 aromatic rings. The summed E-state index contributed by atoms with van der Waals surface area (Å²) in [6.45, 7) is 7.03. The van der Waals surface area contributed by atoms with Gasteiger partial charge in [0.15, 0.2) is 21.3 Å². The maximum Gasteiger partial charge on any atom is 0.270 e. The van der Waals surface area contributed by atoms with Crippen molar-refractivity contribution in [3.8, 4) is 33.6 Å². The summed E-state index contributed by atoms with van der Waals surface area (Å²) in [4.78, 5) is 11.0. The molecule has 0 aliphatic heterocycles. The van der Waals surface area contributed by atoms with E-state index < -0.39 is 15.1 Å². The Hall–Kier alpha value is -3.15. The highest BCUT2D eigenvalue weighted by atomic mass is 32.2. The van der Waals surface area contributed by atoms with Crippen LogP contribution in [-0.4, -0.2) is 40.4 Å². The third-order valence-corrected chi connectivity index (χ3v) is 8.19. The largest absolute Gasteiger partial charge is 0.414 e. The third kappa shape index (κ3) is 4.80. The number of benzene rings is 1. The van der Waals surface area contributed by atoms with E-state index in [1.165, 1.54) is 6.20 Å². The zero-order chi connectivity index (χ0) is 23.6. The molecule has 3 N–H and O–H groups in total. The highest BCUT2D eigenvalue weighted by Crippen LogP contribution is 2.31. The van der Waals surface area contributed by atoms with Gasteiger partial charge in [0, 0.05) is 17.0 Å². The van der Waals surface area contributed by atoms with Gasteiger partial charge in [0.05, 0.1) is 26.9 Å². The summed E-state index contributed by atoms with van der Waals surface area (Å²) in [6, 6.07) is 10.5. The molecule has 0 saturated heterocycles. The first-order chi connectivity index (χ1) is 15.8. The van der Waals surface area contributed by atoms with Crippen LogP contribution in [0.5, 0.6) is 0 Å². The molecule has 0 bridgehead atoms. The van der Waals surface area contributed by atoms with Crippen molar-refractivity contribution < 1.29 is 12.8 Å². The van der Waals surface area contributed by atoms with Crippen molar-refractivity contribution in [2.45, 2.75) is 37.5 Å². The minimum atomic E-state index is -3.35. The molecule has 9 nitrogen and oxygen atoms in total. The first-order valence-electron chi connectivity index (χ1n) is 10.4. The second-order valence-electron chi connectivity index (χ2n) is 7.57. The summed E-state index contributed by atoms with van der Waals surface area (Å²) < 4.78 is 30.6. The number of nitrogens with one attached hydrogen (secondary N) is 1. The number of hydrogen-bond donors (Lipinski definition) is 2. The fourth-order valence-electron chi connectivity index (χ4n) is 3.04. The molecule has 3 aromatic heterocycles. The number of anilines is 1. The van der Waals surface area contributed by atoms with Gasteiger partial charge in [-0.3, -0.25) is 0 Å². The predicted molar refractivity (Wildman–Crippen MR) is 128 cm³/mol. The van der Waals surface area contributed by atoms with Gasteiger partial charge in [0.1, 0.15) is 0 Å². The summed E-state index contributed by atoms with van der Waals surface area (Å²) >= 11 is 1.57. The average molecular weight is 485 g/mol. The lowest BCUT2D eigenvalue weighted by atomic mass is 10.1. The maximum atomic E-state index is 12.4. The molecule has 11 heteroatoms. The van der Waals surface area contributed by atoms with E-state index in [0.29, 0.717) is 17.1 Å². The number of nitrogens with zero attached hydrogens (tertiary/aromatic N) is 4. The van der Waals surface area contributed by atoms with Gasteiger partial charge in [0.25, 0.3) is 11.8 Å². The molecule has 0 saturated carbocycles. The van der Waals surface area contributed by atoms with Gasteiger partial charge < -0.3 is 15.5 Å². The molecule has 0 aliphatic carbocycles. The summed E-state index contributed by atoms with van der Waals surface area (Å²) in [6.07, 6.45) is 1.52. The van der Waals surface area contributed by atoms with Crippen LogP contribution in [-0.2, 0) is 16.4 Å². The normalized spacial score (nSPS) is 11.9. The number of hydrogen-bond acceptors (Lipinski definition) is 10. The van der Waals surface area contributed by atoms with Gasteiger partial charge in [-0.25, -0.2) is 18.4 Å². The van der Waals surface area contributed by atoms with E-state index in [0.717, 1.165) is 22.8 Å². The lowest BCUT2D eigenvalue weighted by molar-refractivity contribution is 0.583. The Morgan fingerprint density at radius 1 is 1.09 bits per heavy atom. The van der Waals surface area contributed by atoms with E-state index in [-0.39, 0.29) is 22.3 Å². The van der Waals surface area contributed by atoms with Crippen LogP contribution in [0.25, 0.3) is 33.6 Å². The summed E-state index contributed by atoms with van der Waals surface area (Å²) in [5.41, 5.74) is 7.51. The molecule has 4 rings (SSSR count). The van der Waals surface area contributed by atoms with E-state index in [2.05, 4.69) is 32.4 Å². The van der Waals surface area contributed by atoms with Gasteiger partial charge >= 0.3 is 0 Å². The average Bonchev–Trinajstić information content (AvgIpc) is 3.48. The SMILES string of the molecule is CCNCc1ccc(-c2nnc(-c3nc(-c4ccc(S(=O)(=O)C(C)C)cc4)cnc3N)o2)s1. The zero-order valence-electron chi connectivity index (χ0n) is 18.4. The minimum Gasteiger partial charge on any atom is -0.414 e. The van der Waals surface area contributed by atoms with Gasteiger partial charge in [-0.1, -0.05) is 19.1 Å². The van der Waals surface area contributed by atoms with Gasteiger partial charge in [0.2, 0.25) is 0 Å². The predicted octanol–water partition coefficient (Wildman–Crippen LogP) is 3.80. The van der Waals surface area contributed by atoms with Crippen LogP contribution < -0.4 is 11.1 Å². The molecule has 0 fully saturated rings. The molecule has 172 valence electrons. The van der Waals surface area contributed by atoms with Crippen molar-refractivity contribution in [1.82, 2.24) is 25.5 Å². The van der Waals surface area contributed by atoms with Crippen LogP contribution >= 0.6 is 11.3 Å². The van der Waals surface area contributed by atoms with Crippen molar-refractivity contribution in [3.05, 3.63) is 47.5 Å². The van der Waals surface area contributed by atoms with Crippen molar-refractivity contribution in [1.29, 1.82) is 0 Å². The highest BCUT2D eigenvalue weighted by molar-refractivity contribution is 7.92. The summed E-state index contributed by atoms with van der Waals surface area (Å²) in [5, 5.41) is 11.0. The first-order valence-corrected chi connectivity index (χ1v) is 12.8. The molecular weight excluding hydrogens is 460 g/mol. The molecule has 0 radical (unpaired) electrons. The van der Waals surface area contributed by atoms with Gasteiger partial charge in [-0.15, -0.1) is 21.5 Å². The van der Waals surface area contributed by atoms with Crippen LogP contribution in [0, 0.1) is 0 Å². The first kappa shape index (κ1) is 23.0. The number of rotatable bonds is 8. The van der Waals surface area contributed by atoms with E-state index in [9.17, 15) is 8.42 Å². The fraction of sp³-hybridized carbons (Fsp3) is 0.273. The lowest BCUT2D eigenvalue weighted by Gasteiger charge is -2.09. The van der Waals surface area contributed by atoms with Gasteiger partial charge in [-0.05, 0) is 44.7 Å². The molecule has 33 heavy (non-hydrogen) atoms. The molecule has 0 aliphatic rings. The van der Waals surface area contributed by atoms with Crippen LogP contribution in [0.15, 0.2) is 51.9 Å². The number of aromatic nitrogens is 4.